The summed E-state index contributed by atoms with van der Waals surface area (Å²) in [6, 6.07) is 0.900. The summed E-state index contributed by atoms with van der Waals surface area (Å²) in [5, 5.41) is 2.96. The van der Waals surface area contributed by atoms with Crippen molar-refractivity contribution in [3.8, 4) is 0 Å². The largest absolute Gasteiger partial charge is 0.417 e. The van der Waals surface area contributed by atoms with Crippen molar-refractivity contribution in [2.24, 2.45) is 11.8 Å². The molecule has 26 heavy (non-hydrogen) atoms. The van der Waals surface area contributed by atoms with E-state index in [1.165, 1.54) is 0 Å². The number of carbonyl (C=O) groups excluding carboxylic acids is 1. The SMILES string of the molecule is CC(C)CCCNC(=O)C1CCN(c2ncc(C(F)(F)F)cc2Cl)CC1. The van der Waals surface area contributed by atoms with Crippen LogP contribution in [0, 0.1) is 11.8 Å². The lowest BCUT2D eigenvalue weighted by atomic mass is 9.95. The lowest BCUT2D eigenvalue weighted by molar-refractivity contribution is -0.137. The van der Waals surface area contributed by atoms with Crippen LogP contribution in [0.3, 0.4) is 0 Å². The Morgan fingerprint density at radius 3 is 2.58 bits per heavy atom. The van der Waals surface area contributed by atoms with Crippen molar-refractivity contribution in [2.45, 2.75) is 45.7 Å². The summed E-state index contributed by atoms with van der Waals surface area (Å²) in [5.74, 6) is 0.949. The summed E-state index contributed by atoms with van der Waals surface area (Å²) in [6.45, 7) is 6.07. The first kappa shape index (κ1) is 20.8. The zero-order chi connectivity index (χ0) is 19.3. The van der Waals surface area contributed by atoms with Crippen LogP contribution >= 0.6 is 11.6 Å². The van der Waals surface area contributed by atoms with Gasteiger partial charge in [-0.3, -0.25) is 4.79 Å². The minimum Gasteiger partial charge on any atom is -0.356 e. The van der Waals surface area contributed by atoms with E-state index in [1.807, 2.05) is 4.90 Å². The van der Waals surface area contributed by atoms with E-state index in [2.05, 4.69) is 24.1 Å². The predicted molar refractivity (Wildman–Crippen MR) is 96.3 cm³/mol. The summed E-state index contributed by atoms with van der Waals surface area (Å²) in [4.78, 5) is 17.9. The topological polar surface area (TPSA) is 45.2 Å². The number of pyridine rings is 1. The highest BCUT2D eigenvalue weighted by Gasteiger charge is 2.32. The van der Waals surface area contributed by atoms with Crippen LogP contribution in [0.5, 0.6) is 0 Å². The van der Waals surface area contributed by atoms with E-state index in [1.54, 1.807) is 0 Å². The number of nitrogens with one attached hydrogen (secondary N) is 1. The maximum absolute atomic E-state index is 12.7. The Morgan fingerprint density at radius 2 is 2.04 bits per heavy atom. The number of carbonyl (C=O) groups is 1. The first-order valence-corrected chi connectivity index (χ1v) is 9.31. The molecule has 4 nitrogen and oxygen atoms in total. The summed E-state index contributed by atoms with van der Waals surface area (Å²) >= 11 is 5.99. The van der Waals surface area contributed by atoms with Crippen LogP contribution in [0.15, 0.2) is 12.3 Å². The van der Waals surface area contributed by atoms with Gasteiger partial charge >= 0.3 is 6.18 Å². The summed E-state index contributed by atoms with van der Waals surface area (Å²) in [7, 11) is 0. The molecule has 1 fully saturated rings. The number of alkyl halides is 3. The molecule has 1 aromatic heterocycles. The van der Waals surface area contributed by atoms with Crippen molar-refractivity contribution in [1.29, 1.82) is 0 Å². The van der Waals surface area contributed by atoms with Gasteiger partial charge in [0.05, 0.1) is 10.6 Å². The van der Waals surface area contributed by atoms with Gasteiger partial charge in [0.15, 0.2) is 0 Å². The average Bonchev–Trinajstić information content (AvgIpc) is 2.57. The molecule has 1 aliphatic rings. The second kappa shape index (κ2) is 8.93. The number of halogens is 4. The first-order valence-electron chi connectivity index (χ1n) is 8.94. The molecule has 8 heteroatoms. The molecule has 0 radical (unpaired) electrons. The van der Waals surface area contributed by atoms with Crippen molar-refractivity contribution in [3.63, 3.8) is 0 Å². The molecule has 0 saturated carbocycles. The van der Waals surface area contributed by atoms with Gasteiger partial charge in [0.2, 0.25) is 5.91 Å². The molecular weight excluding hydrogens is 367 g/mol. The van der Waals surface area contributed by atoms with Gasteiger partial charge in [0.25, 0.3) is 0 Å². The molecule has 1 aliphatic heterocycles. The monoisotopic (exact) mass is 391 g/mol. The number of nitrogens with zero attached hydrogens (tertiary/aromatic N) is 2. The second-order valence-corrected chi connectivity index (χ2v) is 7.52. The maximum atomic E-state index is 12.7. The summed E-state index contributed by atoms with van der Waals surface area (Å²) in [6.07, 6.45) is -0.348. The minimum atomic E-state index is -4.46. The second-order valence-electron chi connectivity index (χ2n) is 7.12. The number of rotatable bonds is 6. The predicted octanol–water partition coefficient (Wildman–Crippen LogP) is 4.52. The van der Waals surface area contributed by atoms with E-state index in [0.29, 0.717) is 44.2 Å². The molecule has 0 aliphatic carbocycles. The minimum absolute atomic E-state index is 0.0172. The Balaban J connectivity index is 1.85. The van der Waals surface area contributed by atoms with E-state index in [9.17, 15) is 18.0 Å². The van der Waals surface area contributed by atoms with Gasteiger partial charge in [0, 0.05) is 31.7 Å². The summed E-state index contributed by atoms with van der Waals surface area (Å²) < 4.78 is 38.1. The molecule has 146 valence electrons. The lowest BCUT2D eigenvalue weighted by Crippen LogP contribution is -2.41. The molecule has 2 rings (SSSR count). The van der Waals surface area contributed by atoms with Crippen molar-refractivity contribution >= 4 is 23.3 Å². The third-order valence-electron chi connectivity index (χ3n) is 4.57. The number of anilines is 1. The third-order valence-corrected chi connectivity index (χ3v) is 4.85. The highest BCUT2D eigenvalue weighted by molar-refractivity contribution is 6.33. The summed E-state index contributed by atoms with van der Waals surface area (Å²) in [5.41, 5.74) is -0.859. The molecule has 0 aromatic carbocycles. The van der Waals surface area contributed by atoms with Crippen LogP contribution in [0.25, 0.3) is 0 Å². The molecule has 1 amide bonds. The van der Waals surface area contributed by atoms with Crippen LogP contribution < -0.4 is 10.2 Å². The molecule has 2 heterocycles. The number of hydrogen-bond donors (Lipinski definition) is 1. The van der Waals surface area contributed by atoms with Crippen molar-refractivity contribution in [3.05, 3.63) is 22.8 Å². The van der Waals surface area contributed by atoms with E-state index >= 15 is 0 Å². The Kier molecular flexibility index (Phi) is 7.15. The Bertz CT molecular complexity index is 614. The lowest BCUT2D eigenvalue weighted by Gasteiger charge is -2.32. The quantitative estimate of drug-likeness (QED) is 0.725. The van der Waals surface area contributed by atoms with Gasteiger partial charge in [-0.15, -0.1) is 0 Å². The number of amides is 1. The van der Waals surface area contributed by atoms with Gasteiger partial charge in [-0.2, -0.15) is 13.2 Å². The van der Waals surface area contributed by atoms with Gasteiger partial charge in [-0.1, -0.05) is 25.4 Å². The molecular formula is C18H25ClF3N3O. The first-order chi connectivity index (χ1) is 12.2. The van der Waals surface area contributed by atoms with Crippen LogP contribution in [-0.2, 0) is 11.0 Å². The van der Waals surface area contributed by atoms with E-state index < -0.39 is 11.7 Å². The van der Waals surface area contributed by atoms with E-state index in [-0.39, 0.29) is 16.8 Å². The molecule has 0 atom stereocenters. The zero-order valence-electron chi connectivity index (χ0n) is 15.1. The normalized spacial score (nSPS) is 16.2. The highest BCUT2D eigenvalue weighted by atomic mass is 35.5. The number of aromatic nitrogens is 1. The average molecular weight is 392 g/mol. The van der Waals surface area contributed by atoms with Crippen molar-refractivity contribution in [1.82, 2.24) is 10.3 Å². The van der Waals surface area contributed by atoms with Crippen LogP contribution in [-0.4, -0.2) is 30.5 Å². The fraction of sp³-hybridized carbons (Fsp3) is 0.667. The maximum Gasteiger partial charge on any atom is 0.417 e. The van der Waals surface area contributed by atoms with Gasteiger partial charge in [-0.25, -0.2) is 4.98 Å². The smallest absolute Gasteiger partial charge is 0.356 e. The molecule has 0 spiro atoms. The Morgan fingerprint density at radius 1 is 1.38 bits per heavy atom. The number of piperidine rings is 1. The molecule has 1 saturated heterocycles. The molecule has 0 bridgehead atoms. The Labute approximate surface area is 157 Å². The van der Waals surface area contributed by atoms with Gasteiger partial charge in [-0.05, 0) is 37.7 Å². The molecule has 1 N–H and O–H groups in total. The van der Waals surface area contributed by atoms with Gasteiger partial charge < -0.3 is 10.2 Å². The van der Waals surface area contributed by atoms with Crippen molar-refractivity contribution in [2.75, 3.05) is 24.5 Å². The van der Waals surface area contributed by atoms with Crippen LogP contribution in [0.1, 0.15) is 45.1 Å². The molecule has 0 unspecified atom stereocenters. The van der Waals surface area contributed by atoms with Crippen molar-refractivity contribution < 1.29 is 18.0 Å². The Hall–Kier alpha value is -1.50. The standard InChI is InChI=1S/C18H25ClF3N3O/c1-12(2)4-3-7-23-17(26)13-5-8-25(9-6-13)16-15(19)10-14(11-24-16)18(20,21)22/h10-13H,3-9H2,1-2H3,(H,23,26). The number of hydrogen-bond acceptors (Lipinski definition) is 3. The highest BCUT2D eigenvalue weighted by Crippen LogP contribution is 2.34. The fourth-order valence-corrected chi connectivity index (χ4v) is 3.32. The van der Waals surface area contributed by atoms with E-state index in [4.69, 9.17) is 11.6 Å². The van der Waals surface area contributed by atoms with Crippen LogP contribution in [0.2, 0.25) is 5.02 Å². The fourth-order valence-electron chi connectivity index (χ4n) is 3.04. The zero-order valence-corrected chi connectivity index (χ0v) is 15.8. The van der Waals surface area contributed by atoms with Crippen LogP contribution in [0.4, 0.5) is 19.0 Å². The third kappa shape index (κ3) is 5.76. The molecule has 1 aromatic rings. The van der Waals surface area contributed by atoms with E-state index in [0.717, 1.165) is 25.1 Å². The van der Waals surface area contributed by atoms with Gasteiger partial charge in [0.1, 0.15) is 5.82 Å².